The van der Waals surface area contributed by atoms with Gasteiger partial charge in [0.05, 0.1) is 23.5 Å². The fourth-order valence-corrected chi connectivity index (χ4v) is 2.64. The summed E-state index contributed by atoms with van der Waals surface area (Å²) in [6, 6.07) is 18.0. The zero-order valence-electron chi connectivity index (χ0n) is 15.8. The first-order chi connectivity index (χ1) is 14.0. The molecule has 2 amide bonds. The molecule has 2 aromatic carbocycles. The van der Waals surface area contributed by atoms with Gasteiger partial charge in [-0.2, -0.15) is 0 Å². The minimum atomic E-state index is -0.537. The van der Waals surface area contributed by atoms with E-state index in [2.05, 4.69) is 15.6 Å². The molecule has 0 bridgehead atoms. The van der Waals surface area contributed by atoms with Crippen molar-refractivity contribution in [1.82, 2.24) is 10.3 Å². The van der Waals surface area contributed by atoms with Crippen molar-refractivity contribution in [3.05, 3.63) is 89.5 Å². The van der Waals surface area contributed by atoms with E-state index in [1.165, 1.54) is 18.2 Å². The van der Waals surface area contributed by atoms with E-state index in [9.17, 15) is 14.0 Å². The summed E-state index contributed by atoms with van der Waals surface area (Å²) in [5.41, 5.74) is 1.96. The van der Waals surface area contributed by atoms with Crippen LogP contribution in [-0.2, 0) is 11.3 Å². The molecule has 7 heteroatoms. The first-order valence-electron chi connectivity index (χ1n) is 9.00. The van der Waals surface area contributed by atoms with Gasteiger partial charge >= 0.3 is 0 Å². The largest absolute Gasteiger partial charge is 0.483 e. The number of nitrogens with zero attached hydrogens (tertiary/aromatic N) is 1. The van der Waals surface area contributed by atoms with Crippen LogP contribution in [0.25, 0.3) is 0 Å². The lowest BCUT2D eigenvalue weighted by Gasteiger charge is -2.12. The van der Waals surface area contributed by atoms with Gasteiger partial charge in [0.15, 0.2) is 6.61 Å². The molecule has 0 aliphatic carbocycles. The van der Waals surface area contributed by atoms with Crippen LogP contribution in [0.4, 0.5) is 10.1 Å². The van der Waals surface area contributed by atoms with Gasteiger partial charge in [-0.25, -0.2) is 4.39 Å². The summed E-state index contributed by atoms with van der Waals surface area (Å²) in [6.07, 6.45) is 0. The number of carbonyl (C=O) groups excluding carboxylic acids is 2. The fourth-order valence-electron chi connectivity index (χ4n) is 2.64. The standard InChI is InChI=1S/C22H20FN3O3/c1-15-7-6-8-16(25-15)13-24-22(28)17-9-2-5-12-20(17)29-14-21(27)26-19-11-4-3-10-18(19)23/h2-12H,13-14H2,1H3,(H,24,28)(H,26,27). The van der Waals surface area contributed by atoms with Gasteiger partial charge in [-0.3, -0.25) is 14.6 Å². The molecule has 0 saturated carbocycles. The Hall–Kier alpha value is -3.74. The molecule has 6 nitrogen and oxygen atoms in total. The molecule has 2 N–H and O–H groups in total. The van der Waals surface area contributed by atoms with Crippen molar-refractivity contribution in [1.29, 1.82) is 0 Å². The van der Waals surface area contributed by atoms with Crippen LogP contribution in [0.2, 0.25) is 0 Å². The van der Waals surface area contributed by atoms with E-state index in [4.69, 9.17) is 4.74 Å². The zero-order chi connectivity index (χ0) is 20.6. The fraction of sp³-hybridized carbons (Fsp3) is 0.136. The Balaban J connectivity index is 1.60. The van der Waals surface area contributed by atoms with Gasteiger partial charge in [-0.05, 0) is 43.3 Å². The molecule has 0 atom stereocenters. The number of benzene rings is 2. The summed E-state index contributed by atoms with van der Waals surface area (Å²) in [5.74, 6) is -1.16. The van der Waals surface area contributed by atoms with E-state index < -0.39 is 11.7 Å². The zero-order valence-corrected chi connectivity index (χ0v) is 15.8. The van der Waals surface area contributed by atoms with Gasteiger partial charge in [-0.15, -0.1) is 0 Å². The van der Waals surface area contributed by atoms with Gasteiger partial charge in [0.2, 0.25) is 0 Å². The molecule has 0 fully saturated rings. The molecule has 0 radical (unpaired) electrons. The summed E-state index contributed by atoms with van der Waals surface area (Å²) in [5, 5.41) is 5.22. The number of halogens is 1. The number of anilines is 1. The van der Waals surface area contributed by atoms with Crippen LogP contribution in [0.15, 0.2) is 66.7 Å². The van der Waals surface area contributed by atoms with Crippen molar-refractivity contribution in [3.8, 4) is 5.75 Å². The number of para-hydroxylation sites is 2. The second kappa shape index (κ2) is 9.45. The summed E-state index contributed by atoms with van der Waals surface area (Å²) < 4.78 is 19.1. The number of hydrogen-bond acceptors (Lipinski definition) is 4. The molecule has 0 aliphatic heterocycles. The molecule has 29 heavy (non-hydrogen) atoms. The van der Waals surface area contributed by atoms with Crippen LogP contribution >= 0.6 is 0 Å². The van der Waals surface area contributed by atoms with Crippen LogP contribution in [0.1, 0.15) is 21.7 Å². The van der Waals surface area contributed by atoms with E-state index in [-0.39, 0.29) is 30.5 Å². The lowest BCUT2D eigenvalue weighted by molar-refractivity contribution is -0.118. The third-order valence-corrected chi connectivity index (χ3v) is 4.01. The van der Waals surface area contributed by atoms with Crippen LogP contribution < -0.4 is 15.4 Å². The molecule has 1 aromatic heterocycles. The van der Waals surface area contributed by atoms with E-state index in [0.717, 1.165) is 11.4 Å². The van der Waals surface area contributed by atoms with Crippen LogP contribution in [0.5, 0.6) is 5.75 Å². The van der Waals surface area contributed by atoms with Crippen LogP contribution in [-0.4, -0.2) is 23.4 Å². The predicted molar refractivity (Wildman–Crippen MR) is 107 cm³/mol. The minimum Gasteiger partial charge on any atom is -0.483 e. The van der Waals surface area contributed by atoms with E-state index in [0.29, 0.717) is 5.56 Å². The molecule has 3 rings (SSSR count). The Morgan fingerprint density at radius 1 is 1.00 bits per heavy atom. The van der Waals surface area contributed by atoms with Crippen LogP contribution in [0.3, 0.4) is 0 Å². The Bertz CT molecular complexity index is 1020. The molecule has 0 aliphatic rings. The van der Waals surface area contributed by atoms with Crippen molar-refractivity contribution >= 4 is 17.5 Å². The molecule has 0 unspecified atom stereocenters. The average molecular weight is 393 g/mol. The molecule has 1 heterocycles. The SMILES string of the molecule is Cc1cccc(CNC(=O)c2ccccc2OCC(=O)Nc2ccccc2F)n1. The number of pyridine rings is 1. The highest BCUT2D eigenvalue weighted by Crippen LogP contribution is 2.18. The maximum Gasteiger partial charge on any atom is 0.262 e. The van der Waals surface area contributed by atoms with Gasteiger partial charge in [0.25, 0.3) is 11.8 Å². The van der Waals surface area contributed by atoms with Crippen molar-refractivity contribution in [2.75, 3.05) is 11.9 Å². The van der Waals surface area contributed by atoms with Gasteiger partial charge < -0.3 is 15.4 Å². The van der Waals surface area contributed by atoms with Gasteiger partial charge in [0, 0.05) is 5.69 Å². The third kappa shape index (κ3) is 5.62. The van der Waals surface area contributed by atoms with Crippen molar-refractivity contribution in [3.63, 3.8) is 0 Å². The van der Waals surface area contributed by atoms with Crippen molar-refractivity contribution in [2.24, 2.45) is 0 Å². The first kappa shape index (κ1) is 20.0. The minimum absolute atomic E-state index is 0.0674. The molecular weight excluding hydrogens is 373 g/mol. The highest BCUT2D eigenvalue weighted by atomic mass is 19.1. The monoisotopic (exact) mass is 393 g/mol. The predicted octanol–water partition coefficient (Wildman–Crippen LogP) is 3.48. The summed E-state index contributed by atoms with van der Waals surface area (Å²) in [4.78, 5) is 28.9. The maximum atomic E-state index is 13.6. The number of rotatable bonds is 7. The average Bonchev–Trinajstić information content (AvgIpc) is 2.72. The Morgan fingerprint density at radius 3 is 2.55 bits per heavy atom. The Morgan fingerprint density at radius 2 is 1.76 bits per heavy atom. The quantitative estimate of drug-likeness (QED) is 0.644. The maximum absolute atomic E-state index is 13.6. The van der Waals surface area contributed by atoms with Gasteiger partial charge in [-0.1, -0.05) is 30.3 Å². The van der Waals surface area contributed by atoms with Crippen molar-refractivity contribution in [2.45, 2.75) is 13.5 Å². The molecule has 148 valence electrons. The summed E-state index contributed by atoms with van der Waals surface area (Å²) in [7, 11) is 0. The first-order valence-corrected chi connectivity index (χ1v) is 9.00. The lowest BCUT2D eigenvalue weighted by Crippen LogP contribution is -2.25. The molecule has 3 aromatic rings. The number of amides is 2. The lowest BCUT2D eigenvalue weighted by atomic mass is 10.2. The number of carbonyl (C=O) groups is 2. The number of aryl methyl sites for hydroxylation is 1. The van der Waals surface area contributed by atoms with Gasteiger partial charge in [0.1, 0.15) is 11.6 Å². The third-order valence-electron chi connectivity index (χ3n) is 4.01. The Kier molecular flexibility index (Phi) is 6.52. The number of nitrogens with one attached hydrogen (secondary N) is 2. The normalized spacial score (nSPS) is 10.3. The van der Waals surface area contributed by atoms with Crippen molar-refractivity contribution < 1.29 is 18.7 Å². The van der Waals surface area contributed by atoms with E-state index in [1.54, 1.807) is 30.3 Å². The molecular formula is C22H20FN3O3. The topological polar surface area (TPSA) is 80.3 Å². The summed E-state index contributed by atoms with van der Waals surface area (Å²) >= 11 is 0. The molecule has 0 spiro atoms. The van der Waals surface area contributed by atoms with Crippen LogP contribution in [0, 0.1) is 12.7 Å². The molecule has 0 saturated heterocycles. The second-order valence-electron chi connectivity index (χ2n) is 6.27. The highest BCUT2D eigenvalue weighted by Gasteiger charge is 2.14. The van der Waals surface area contributed by atoms with E-state index >= 15 is 0 Å². The number of hydrogen-bond donors (Lipinski definition) is 2. The Labute approximate surface area is 167 Å². The second-order valence-corrected chi connectivity index (χ2v) is 6.27. The van der Waals surface area contributed by atoms with E-state index in [1.807, 2.05) is 25.1 Å². The number of aromatic nitrogens is 1. The summed E-state index contributed by atoms with van der Waals surface area (Å²) in [6.45, 7) is 1.78. The smallest absolute Gasteiger partial charge is 0.262 e. The highest BCUT2D eigenvalue weighted by molar-refractivity contribution is 5.97. The number of ether oxygens (including phenoxy) is 1.